The second-order valence-electron chi connectivity index (χ2n) is 4.50. The molecule has 0 saturated heterocycles. The quantitative estimate of drug-likeness (QED) is 0.879. The molecular formula is C12H16FNO3S. The number of hydrogen-bond donors (Lipinski definition) is 1. The van der Waals surface area contributed by atoms with Crippen molar-refractivity contribution in [3.05, 3.63) is 29.6 Å². The summed E-state index contributed by atoms with van der Waals surface area (Å²) in [5.74, 6) is -0.737. The molecule has 2 rings (SSSR count). The Hall–Kier alpha value is -0.980. The van der Waals surface area contributed by atoms with Gasteiger partial charge in [0.1, 0.15) is 10.7 Å². The predicted octanol–water partition coefficient (Wildman–Crippen LogP) is 1.28. The highest BCUT2D eigenvalue weighted by Crippen LogP contribution is 2.32. The number of nitrogens with zero attached hydrogens (tertiary/aromatic N) is 1. The fraction of sp³-hybridized carbons (Fsp3) is 0.500. The number of hydrogen-bond acceptors (Lipinski definition) is 3. The first-order chi connectivity index (χ1) is 8.46. The lowest BCUT2D eigenvalue weighted by Gasteiger charge is -2.21. The standard InChI is InChI=1S/C12H16FNO3S/c1-9-2-5-12(11(13)8-9)18(16,17)14(6-7-15)10-3-4-10/h2,5,8,10,15H,3-4,6-7H2,1H3. The van der Waals surface area contributed by atoms with E-state index in [1.165, 1.54) is 16.4 Å². The number of aliphatic hydroxyl groups excluding tert-OH is 1. The van der Waals surface area contributed by atoms with Crippen molar-refractivity contribution in [2.75, 3.05) is 13.2 Å². The van der Waals surface area contributed by atoms with Gasteiger partial charge in [-0.1, -0.05) is 6.07 Å². The molecule has 18 heavy (non-hydrogen) atoms. The minimum atomic E-state index is -3.85. The van der Waals surface area contributed by atoms with Gasteiger partial charge in [-0.25, -0.2) is 12.8 Å². The van der Waals surface area contributed by atoms with Crippen LogP contribution < -0.4 is 0 Å². The molecule has 1 saturated carbocycles. The number of halogens is 1. The summed E-state index contributed by atoms with van der Waals surface area (Å²) in [6.07, 6.45) is 1.54. The Balaban J connectivity index is 2.39. The molecule has 1 aliphatic rings. The Morgan fingerprint density at radius 2 is 2.11 bits per heavy atom. The molecule has 1 fully saturated rings. The third kappa shape index (κ3) is 2.55. The van der Waals surface area contributed by atoms with Gasteiger partial charge in [-0.2, -0.15) is 4.31 Å². The number of rotatable bonds is 5. The molecule has 100 valence electrons. The van der Waals surface area contributed by atoms with Crippen molar-refractivity contribution in [3.8, 4) is 0 Å². The van der Waals surface area contributed by atoms with Crippen molar-refractivity contribution in [2.24, 2.45) is 0 Å². The fourth-order valence-corrected chi connectivity index (χ4v) is 3.62. The number of sulfonamides is 1. The van der Waals surface area contributed by atoms with Crippen LogP contribution in [-0.4, -0.2) is 37.0 Å². The summed E-state index contributed by atoms with van der Waals surface area (Å²) < 4.78 is 39.6. The van der Waals surface area contributed by atoms with E-state index in [0.717, 1.165) is 12.8 Å². The third-order valence-electron chi connectivity index (χ3n) is 2.95. The van der Waals surface area contributed by atoms with E-state index >= 15 is 0 Å². The van der Waals surface area contributed by atoms with E-state index in [9.17, 15) is 12.8 Å². The average molecular weight is 273 g/mol. The minimum Gasteiger partial charge on any atom is -0.395 e. The molecule has 1 N–H and O–H groups in total. The van der Waals surface area contributed by atoms with Crippen LogP contribution in [-0.2, 0) is 10.0 Å². The van der Waals surface area contributed by atoms with Crippen LogP contribution in [0.15, 0.2) is 23.1 Å². The van der Waals surface area contributed by atoms with Gasteiger partial charge < -0.3 is 5.11 Å². The van der Waals surface area contributed by atoms with Crippen LogP contribution in [0.2, 0.25) is 0 Å². The highest BCUT2D eigenvalue weighted by molar-refractivity contribution is 7.89. The Labute approximate surface area is 106 Å². The topological polar surface area (TPSA) is 57.6 Å². The van der Waals surface area contributed by atoms with Gasteiger partial charge in [0.15, 0.2) is 0 Å². The van der Waals surface area contributed by atoms with Crippen LogP contribution in [0.25, 0.3) is 0 Å². The molecule has 4 nitrogen and oxygen atoms in total. The fourth-order valence-electron chi connectivity index (χ4n) is 1.90. The van der Waals surface area contributed by atoms with Gasteiger partial charge in [-0.3, -0.25) is 0 Å². The van der Waals surface area contributed by atoms with Gasteiger partial charge in [-0.05, 0) is 37.5 Å². The molecule has 6 heteroatoms. The van der Waals surface area contributed by atoms with E-state index < -0.39 is 15.8 Å². The molecule has 0 unspecified atom stereocenters. The zero-order valence-electron chi connectivity index (χ0n) is 10.1. The Bertz CT molecular complexity index is 540. The van der Waals surface area contributed by atoms with Gasteiger partial charge in [0.2, 0.25) is 10.0 Å². The number of benzene rings is 1. The lowest BCUT2D eigenvalue weighted by molar-refractivity contribution is 0.250. The molecule has 1 aromatic carbocycles. The Morgan fingerprint density at radius 1 is 1.44 bits per heavy atom. The first kappa shape index (κ1) is 13.5. The van der Waals surface area contributed by atoms with Crippen LogP contribution in [0.1, 0.15) is 18.4 Å². The zero-order chi connectivity index (χ0) is 13.3. The monoisotopic (exact) mass is 273 g/mol. The van der Waals surface area contributed by atoms with Crippen molar-refractivity contribution in [1.29, 1.82) is 0 Å². The lowest BCUT2D eigenvalue weighted by atomic mass is 10.2. The number of aryl methyl sites for hydroxylation is 1. The molecule has 0 amide bonds. The third-order valence-corrected chi connectivity index (χ3v) is 4.93. The predicted molar refractivity (Wildman–Crippen MR) is 65.1 cm³/mol. The van der Waals surface area contributed by atoms with Crippen LogP contribution in [0, 0.1) is 12.7 Å². The van der Waals surface area contributed by atoms with E-state index in [0.29, 0.717) is 5.56 Å². The molecular weight excluding hydrogens is 257 g/mol. The summed E-state index contributed by atoms with van der Waals surface area (Å²) in [5.41, 5.74) is 0.673. The van der Waals surface area contributed by atoms with Crippen LogP contribution in [0.5, 0.6) is 0 Å². The maximum Gasteiger partial charge on any atom is 0.246 e. The molecule has 0 spiro atoms. The van der Waals surface area contributed by atoms with E-state index in [1.54, 1.807) is 13.0 Å². The summed E-state index contributed by atoms with van der Waals surface area (Å²) >= 11 is 0. The molecule has 1 aromatic rings. The van der Waals surface area contributed by atoms with E-state index in [4.69, 9.17) is 5.11 Å². The zero-order valence-corrected chi connectivity index (χ0v) is 11.0. The lowest BCUT2D eigenvalue weighted by Crippen LogP contribution is -2.36. The first-order valence-corrected chi connectivity index (χ1v) is 7.29. The Morgan fingerprint density at radius 3 is 2.61 bits per heavy atom. The summed E-state index contributed by atoms with van der Waals surface area (Å²) in [7, 11) is -3.85. The van der Waals surface area contributed by atoms with E-state index in [1.807, 2.05) is 0 Å². The van der Waals surface area contributed by atoms with Crippen LogP contribution in [0.3, 0.4) is 0 Å². The highest BCUT2D eigenvalue weighted by Gasteiger charge is 2.38. The van der Waals surface area contributed by atoms with Crippen molar-refractivity contribution in [3.63, 3.8) is 0 Å². The molecule has 0 radical (unpaired) electrons. The summed E-state index contributed by atoms with van der Waals surface area (Å²) in [6.45, 7) is 1.45. The smallest absolute Gasteiger partial charge is 0.246 e. The number of aliphatic hydroxyl groups is 1. The van der Waals surface area contributed by atoms with Crippen molar-refractivity contribution in [1.82, 2.24) is 4.31 Å². The van der Waals surface area contributed by atoms with Crippen molar-refractivity contribution in [2.45, 2.75) is 30.7 Å². The molecule has 0 atom stereocenters. The minimum absolute atomic E-state index is 0.0142. The first-order valence-electron chi connectivity index (χ1n) is 5.85. The van der Waals surface area contributed by atoms with Gasteiger partial charge in [0, 0.05) is 12.6 Å². The van der Waals surface area contributed by atoms with E-state index in [2.05, 4.69) is 0 Å². The van der Waals surface area contributed by atoms with Crippen LogP contribution >= 0.6 is 0 Å². The molecule has 0 aliphatic heterocycles. The average Bonchev–Trinajstić information content (AvgIpc) is 3.08. The summed E-state index contributed by atoms with van der Waals surface area (Å²) in [5, 5.41) is 8.94. The second kappa shape index (κ2) is 4.95. The van der Waals surface area contributed by atoms with Crippen molar-refractivity contribution < 1.29 is 17.9 Å². The maximum atomic E-state index is 13.8. The Kier molecular flexibility index (Phi) is 3.70. The van der Waals surface area contributed by atoms with Gasteiger partial charge in [0.25, 0.3) is 0 Å². The van der Waals surface area contributed by atoms with E-state index in [-0.39, 0.29) is 24.1 Å². The largest absolute Gasteiger partial charge is 0.395 e. The summed E-state index contributed by atoms with van der Waals surface area (Å²) in [4.78, 5) is -0.312. The maximum absolute atomic E-state index is 13.8. The van der Waals surface area contributed by atoms with Crippen LogP contribution in [0.4, 0.5) is 4.39 Å². The molecule has 0 bridgehead atoms. The van der Waals surface area contributed by atoms with Gasteiger partial charge in [-0.15, -0.1) is 0 Å². The molecule has 0 heterocycles. The molecule has 1 aliphatic carbocycles. The molecule has 0 aromatic heterocycles. The van der Waals surface area contributed by atoms with Crippen molar-refractivity contribution >= 4 is 10.0 Å². The van der Waals surface area contributed by atoms with Gasteiger partial charge in [0.05, 0.1) is 6.61 Å². The summed E-state index contributed by atoms with van der Waals surface area (Å²) in [6, 6.07) is 3.96. The highest BCUT2D eigenvalue weighted by atomic mass is 32.2. The normalized spacial score (nSPS) is 16.2. The SMILES string of the molecule is Cc1ccc(S(=O)(=O)N(CCO)C2CC2)c(F)c1. The van der Waals surface area contributed by atoms with Gasteiger partial charge >= 0.3 is 0 Å². The second-order valence-corrected chi connectivity index (χ2v) is 6.36.